The Kier molecular flexibility index (Phi) is 5.09. The first-order valence-electron chi connectivity index (χ1n) is 5.73. The quantitative estimate of drug-likeness (QED) is 0.802. The highest BCUT2D eigenvalue weighted by molar-refractivity contribution is 7.16. The fraction of sp³-hybridized carbons (Fsp3) is 0.333. The van der Waals surface area contributed by atoms with Gasteiger partial charge in [-0.25, -0.2) is 4.98 Å². The summed E-state index contributed by atoms with van der Waals surface area (Å²) in [5, 5.41) is 6.25. The van der Waals surface area contributed by atoms with Crippen molar-refractivity contribution in [2.75, 3.05) is 32.1 Å². The van der Waals surface area contributed by atoms with Crippen LogP contribution in [0.25, 0.3) is 10.2 Å². The molecule has 0 saturated heterocycles. The maximum Gasteiger partial charge on any atom is 0.238 e. The van der Waals surface area contributed by atoms with Gasteiger partial charge in [0.25, 0.3) is 0 Å². The van der Waals surface area contributed by atoms with Gasteiger partial charge in [-0.2, -0.15) is 0 Å². The van der Waals surface area contributed by atoms with E-state index in [1.807, 2.05) is 6.07 Å². The molecular formula is C12H14ClN3O2S. The maximum absolute atomic E-state index is 11.8. The molecule has 2 rings (SSSR count). The van der Waals surface area contributed by atoms with Crippen molar-refractivity contribution in [2.45, 2.75) is 0 Å². The molecule has 0 unspecified atom stereocenters. The minimum absolute atomic E-state index is 0.154. The number of nitrogens with zero attached hydrogens (tertiary/aromatic N) is 1. The molecule has 0 aliphatic heterocycles. The highest BCUT2D eigenvalue weighted by atomic mass is 35.5. The standard InChI is InChI=1S/C12H14ClN3O2S/c1-18-5-4-14-6-10(17)16-11-8(13)2-3-9-12(11)15-7-19-9/h2-3,7,14H,4-6H2,1H3,(H,16,17). The lowest BCUT2D eigenvalue weighted by molar-refractivity contribution is -0.115. The first-order chi connectivity index (χ1) is 9.22. The fourth-order valence-corrected chi connectivity index (χ4v) is 2.47. The van der Waals surface area contributed by atoms with Gasteiger partial charge in [0.15, 0.2) is 0 Å². The molecule has 0 spiro atoms. The van der Waals surface area contributed by atoms with Crippen molar-refractivity contribution in [1.29, 1.82) is 0 Å². The minimum Gasteiger partial charge on any atom is -0.383 e. The van der Waals surface area contributed by atoms with E-state index in [-0.39, 0.29) is 12.5 Å². The highest BCUT2D eigenvalue weighted by Crippen LogP contribution is 2.32. The van der Waals surface area contributed by atoms with Crippen molar-refractivity contribution < 1.29 is 9.53 Å². The Balaban J connectivity index is 2.02. The summed E-state index contributed by atoms with van der Waals surface area (Å²) in [6.45, 7) is 1.40. The van der Waals surface area contributed by atoms with Crippen molar-refractivity contribution in [1.82, 2.24) is 10.3 Å². The van der Waals surface area contributed by atoms with Crippen LogP contribution in [0.15, 0.2) is 17.6 Å². The van der Waals surface area contributed by atoms with Gasteiger partial charge >= 0.3 is 0 Å². The molecule has 1 heterocycles. The van der Waals surface area contributed by atoms with Crippen LogP contribution in [0.2, 0.25) is 5.02 Å². The Morgan fingerprint density at radius 1 is 1.53 bits per heavy atom. The number of fused-ring (bicyclic) bond motifs is 1. The van der Waals surface area contributed by atoms with E-state index in [4.69, 9.17) is 16.3 Å². The fourth-order valence-electron chi connectivity index (χ4n) is 1.59. The van der Waals surface area contributed by atoms with E-state index in [0.29, 0.717) is 23.9 Å². The average Bonchev–Trinajstić information content (AvgIpc) is 2.87. The van der Waals surface area contributed by atoms with Crippen molar-refractivity contribution in [3.8, 4) is 0 Å². The number of thiazole rings is 1. The molecule has 0 atom stereocenters. The normalized spacial score (nSPS) is 10.8. The smallest absolute Gasteiger partial charge is 0.238 e. The second-order valence-electron chi connectivity index (χ2n) is 3.84. The molecule has 1 aromatic heterocycles. The molecule has 19 heavy (non-hydrogen) atoms. The summed E-state index contributed by atoms with van der Waals surface area (Å²) < 4.78 is 5.88. The summed E-state index contributed by atoms with van der Waals surface area (Å²) in [6.07, 6.45) is 0. The van der Waals surface area contributed by atoms with Gasteiger partial charge < -0.3 is 15.4 Å². The molecule has 1 amide bonds. The zero-order chi connectivity index (χ0) is 13.7. The van der Waals surface area contributed by atoms with E-state index in [0.717, 1.165) is 10.2 Å². The second kappa shape index (κ2) is 6.81. The Hall–Kier alpha value is -1.21. The van der Waals surface area contributed by atoms with E-state index in [1.54, 1.807) is 18.7 Å². The summed E-state index contributed by atoms with van der Waals surface area (Å²) >= 11 is 7.61. The molecule has 0 aliphatic carbocycles. The lowest BCUT2D eigenvalue weighted by atomic mass is 10.3. The van der Waals surface area contributed by atoms with Crippen LogP contribution in [0.4, 0.5) is 5.69 Å². The van der Waals surface area contributed by atoms with Crippen LogP contribution in [0.1, 0.15) is 0 Å². The topological polar surface area (TPSA) is 63.2 Å². The number of ether oxygens (including phenoxy) is 1. The number of carbonyl (C=O) groups excluding carboxylic acids is 1. The minimum atomic E-state index is -0.154. The summed E-state index contributed by atoms with van der Waals surface area (Å²) in [7, 11) is 1.62. The van der Waals surface area contributed by atoms with Crippen LogP contribution < -0.4 is 10.6 Å². The Bertz CT molecular complexity index is 573. The second-order valence-corrected chi connectivity index (χ2v) is 5.13. The number of carbonyl (C=O) groups is 1. The van der Waals surface area contributed by atoms with Gasteiger partial charge in [0.2, 0.25) is 5.91 Å². The molecule has 0 saturated carbocycles. The van der Waals surface area contributed by atoms with E-state index in [9.17, 15) is 4.79 Å². The van der Waals surface area contributed by atoms with E-state index < -0.39 is 0 Å². The third-order valence-electron chi connectivity index (χ3n) is 2.48. The maximum atomic E-state index is 11.8. The number of methoxy groups -OCH3 is 1. The number of hydrogen-bond acceptors (Lipinski definition) is 5. The number of anilines is 1. The van der Waals surface area contributed by atoms with E-state index in [2.05, 4.69) is 15.6 Å². The summed E-state index contributed by atoms with van der Waals surface area (Å²) in [4.78, 5) is 16.0. The predicted molar refractivity (Wildman–Crippen MR) is 78.0 cm³/mol. The van der Waals surface area contributed by atoms with Crippen LogP contribution >= 0.6 is 22.9 Å². The predicted octanol–water partition coefficient (Wildman–Crippen LogP) is 2.12. The van der Waals surface area contributed by atoms with Crippen LogP contribution in [-0.2, 0) is 9.53 Å². The monoisotopic (exact) mass is 299 g/mol. The number of nitrogens with one attached hydrogen (secondary N) is 2. The van der Waals surface area contributed by atoms with Gasteiger partial charge in [-0.3, -0.25) is 4.79 Å². The van der Waals surface area contributed by atoms with Gasteiger partial charge in [0.05, 0.1) is 34.1 Å². The van der Waals surface area contributed by atoms with Crippen molar-refractivity contribution >= 4 is 44.7 Å². The molecule has 5 nitrogen and oxygen atoms in total. The summed E-state index contributed by atoms with van der Waals surface area (Å²) in [6, 6.07) is 3.65. The van der Waals surface area contributed by atoms with Crippen molar-refractivity contribution in [2.24, 2.45) is 0 Å². The Labute approximate surface area is 119 Å². The lowest BCUT2D eigenvalue weighted by Crippen LogP contribution is -2.30. The largest absolute Gasteiger partial charge is 0.383 e. The molecule has 2 aromatic rings. The van der Waals surface area contributed by atoms with Gasteiger partial charge in [-0.15, -0.1) is 11.3 Å². The van der Waals surface area contributed by atoms with Crippen LogP contribution in [0.5, 0.6) is 0 Å². The molecule has 7 heteroatoms. The number of hydrogen-bond donors (Lipinski definition) is 2. The van der Waals surface area contributed by atoms with Crippen LogP contribution in [-0.4, -0.2) is 37.7 Å². The lowest BCUT2D eigenvalue weighted by Gasteiger charge is -2.08. The van der Waals surface area contributed by atoms with Gasteiger partial charge in [0, 0.05) is 13.7 Å². The van der Waals surface area contributed by atoms with E-state index in [1.165, 1.54) is 11.3 Å². The molecule has 0 bridgehead atoms. The number of amides is 1. The van der Waals surface area contributed by atoms with Gasteiger partial charge in [-0.1, -0.05) is 11.6 Å². The van der Waals surface area contributed by atoms with Gasteiger partial charge in [-0.05, 0) is 12.1 Å². The highest BCUT2D eigenvalue weighted by Gasteiger charge is 2.11. The summed E-state index contributed by atoms with van der Waals surface area (Å²) in [5.41, 5.74) is 3.02. The molecule has 102 valence electrons. The van der Waals surface area contributed by atoms with Crippen molar-refractivity contribution in [3.63, 3.8) is 0 Å². The molecule has 0 fully saturated rings. The Morgan fingerprint density at radius 2 is 2.37 bits per heavy atom. The number of benzene rings is 1. The average molecular weight is 300 g/mol. The third kappa shape index (κ3) is 3.63. The van der Waals surface area contributed by atoms with E-state index >= 15 is 0 Å². The third-order valence-corrected chi connectivity index (χ3v) is 3.59. The molecular weight excluding hydrogens is 286 g/mol. The first-order valence-corrected chi connectivity index (χ1v) is 6.99. The van der Waals surface area contributed by atoms with Gasteiger partial charge in [0.1, 0.15) is 5.52 Å². The Morgan fingerprint density at radius 3 is 3.16 bits per heavy atom. The number of rotatable bonds is 6. The zero-order valence-electron chi connectivity index (χ0n) is 10.4. The molecule has 0 radical (unpaired) electrons. The molecule has 1 aromatic carbocycles. The van der Waals surface area contributed by atoms with Crippen molar-refractivity contribution in [3.05, 3.63) is 22.7 Å². The van der Waals surface area contributed by atoms with Crippen LogP contribution in [0.3, 0.4) is 0 Å². The summed E-state index contributed by atoms with van der Waals surface area (Å²) in [5.74, 6) is -0.154. The molecule has 2 N–H and O–H groups in total. The number of aromatic nitrogens is 1. The SMILES string of the molecule is COCCNCC(=O)Nc1c(Cl)ccc2scnc12. The molecule has 0 aliphatic rings. The first kappa shape index (κ1) is 14.2. The van der Waals surface area contributed by atoms with Crippen LogP contribution in [0, 0.1) is 0 Å². The number of halogens is 1. The zero-order valence-corrected chi connectivity index (χ0v) is 12.0.